The van der Waals surface area contributed by atoms with Gasteiger partial charge in [0.2, 0.25) is 0 Å². The van der Waals surface area contributed by atoms with E-state index in [-0.39, 0.29) is 25.2 Å². The second-order valence-corrected chi connectivity index (χ2v) is 23.6. The lowest BCUT2D eigenvalue weighted by atomic mass is 10.0. The van der Waals surface area contributed by atoms with Crippen molar-refractivity contribution in [3.8, 4) is 0 Å². The maximum atomic E-state index is 12.4. The quantitative estimate of drug-likeness (QED) is 0.0373. The number of ether oxygens (including phenoxy) is 2. The molecule has 0 aliphatic heterocycles. The molecular weight excluding hydrogens is 933 g/mol. The summed E-state index contributed by atoms with van der Waals surface area (Å²) in [7, 11) is 0. The molecule has 1 N–H and O–H groups in total. The lowest BCUT2D eigenvalue weighted by Crippen LogP contribution is -2.28. The molecule has 0 aliphatic carbocycles. The molecule has 0 aromatic heterocycles. The molecule has 0 fully saturated rings. The zero-order chi connectivity index (χ0) is 54.8. The first-order valence-electron chi connectivity index (χ1n) is 34.5. The van der Waals surface area contributed by atoms with Crippen LogP contribution < -0.4 is 0 Å². The van der Waals surface area contributed by atoms with Gasteiger partial charge in [-0.2, -0.15) is 0 Å². The zero-order valence-corrected chi connectivity index (χ0v) is 51.5. The number of aliphatic hydroxyl groups is 1. The Kier molecular flexibility index (Phi) is 65.7. The molecule has 0 saturated carbocycles. The lowest BCUT2D eigenvalue weighted by Gasteiger charge is -2.15. The molecule has 1 unspecified atom stereocenters. The summed E-state index contributed by atoms with van der Waals surface area (Å²) in [5, 5.41) is 9.69. The SMILES string of the molecule is CCCCCCC/C=C\C/C=C\C/C=C\CCCCCCCCCCCCCCCCCCCCCCCCCCC(=O)OC(CO)COC(=O)CCCCCCCCCCCCCCCCCCCCCCCCC. The number of allylic oxidation sites excluding steroid dienone is 6. The van der Waals surface area contributed by atoms with Crippen LogP contribution in [0.1, 0.15) is 386 Å². The highest BCUT2D eigenvalue weighted by Gasteiger charge is 2.16. The summed E-state index contributed by atoms with van der Waals surface area (Å²) in [5.41, 5.74) is 0. The summed E-state index contributed by atoms with van der Waals surface area (Å²) in [5.74, 6) is -0.564. The standard InChI is InChI=1S/C71H134O5/c1-3-5-7-9-11-13-15-17-19-21-23-25-27-28-29-30-31-32-33-34-35-36-37-38-39-40-41-42-44-46-48-50-52-54-56-58-60-62-64-66-71(74)76-69(67-72)68-75-70(73)65-63-61-59-57-55-53-51-49-47-45-43-26-24-22-20-18-16-14-12-10-8-6-4-2/h15,17,21,23,27-28,69,72H,3-14,16,18-20,22,24-26,29-68H2,1-2H3/b17-15-,23-21-,28-27-. The number of hydrogen-bond donors (Lipinski definition) is 1. The van der Waals surface area contributed by atoms with Gasteiger partial charge in [-0.1, -0.05) is 359 Å². The molecule has 0 rings (SSSR count). The molecule has 0 bridgehead atoms. The van der Waals surface area contributed by atoms with Gasteiger partial charge in [0.1, 0.15) is 6.61 Å². The Morgan fingerprint density at radius 3 is 0.789 bits per heavy atom. The summed E-state index contributed by atoms with van der Waals surface area (Å²) in [6.45, 7) is 4.19. The normalized spacial score (nSPS) is 12.3. The minimum Gasteiger partial charge on any atom is -0.462 e. The van der Waals surface area contributed by atoms with E-state index >= 15 is 0 Å². The van der Waals surface area contributed by atoms with Gasteiger partial charge in [0.15, 0.2) is 6.10 Å². The topological polar surface area (TPSA) is 72.8 Å². The molecule has 1 atom stereocenters. The average Bonchev–Trinajstić information content (AvgIpc) is 3.42. The predicted molar refractivity (Wildman–Crippen MR) is 334 cm³/mol. The van der Waals surface area contributed by atoms with Crippen molar-refractivity contribution in [3.63, 3.8) is 0 Å². The second kappa shape index (κ2) is 67.4. The molecule has 76 heavy (non-hydrogen) atoms. The van der Waals surface area contributed by atoms with Gasteiger partial charge < -0.3 is 14.6 Å². The molecule has 5 nitrogen and oxygen atoms in total. The zero-order valence-electron chi connectivity index (χ0n) is 51.5. The molecule has 0 aromatic carbocycles. The van der Waals surface area contributed by atoms with Gasteiger partial charge in [-0.3, -0.25) is 9.59 Å². The van der Waals surface area contributed by atoms with Crippen molar-refractivity contribution >= 4 is 11.9 Å². The van der Waals surface area contributed by atoms with Gasteiger partial charge in [-0.15, -0.1) is 0 Å². The highest BCUT2D eigenvalue weighted by Crippen LogP contribution is 2.19. The third-order valence-corrected chi connectivity index (χ3v) is 15.9. The van der Waals surface area contributed by atoms with Gasteiger partial charge in [-0.25, -0.2) is 0 Å². The van der Waals surface area contributed by atoms with E-state index in [0.29, 0.717) is 12.8 Å². The number of hydrogen-bond acceptors (Lipinski definition) is 5. The molecular formula is C71H134O5. The first-order chi connectivity index (χ1) is 37.6. The Morgan fingerprint density at radius 2 is 0.526 bits per heavy atom. The van der Waals surface area contributed by atoms with Crippen LogP contribution in [-0.4, -0.2) is 36.4 Å². The molecule has 0 amide bonds. The second-order valence-electron chi connectivity index (χ2n) is 23.6. The van der Waals surface area contributed by atoms with Crippen molar-refractivity contribution in [2.75, 3.05) is 13.2 Å². The fraction of sp³-hybridized carbons (Fsp3) is 0.887. The molecule has 448 valence electrons. The number of carbonyl (C=O) groups excluding carboxylic acids is 2. The van der Waals surface area contributed by atoms with Crippen molar-refractivity contribution in [2.45, 2.75) is 392 Å². The first kappa shape index (κ1) is 74.1. The van der Waals surface area contributed by atoms with Crippen LogP contribution in [0.5, 0.6) is 0 Å². The third-order valence-electron chi connectivity index (χ3n) is 15.9. The Balaban J connectivity index is 3.37. The summed E-state index contributed by atoms with van der Waals surface area (Å²) in [6.07, 6.45) is 89.0. The fourth-order valence-corrected chi connectivity index (χ4v) is 10.7. The Labute approximate surface area is 476 Å². The molecule has 0 heterocycles. The van der Waals surface area contributed by atoms with Gasteiger partial charge in [0.05, 0.1) is 6.61 Å². The smallest absolute Gasteiger partial charge is 0.306 e. The lowest BCUT2D eigenvalue weighted by molar-refractivity contribution is -0.161. The van der Waals surface area contributed by atoms with Crippen molar-refractivity contribution in [1.29, 1.82) is 0 Å². The van der Waals surface area contributed by atoms with Crippen LogP contribution >= 0.6 is 0 Å². The summed E-state index contributed by atoms with van der Waals surface area (Å²) in [6, 6.07) is 0. The largest absolute Gasteiger partial charge is 0.462 e. The van der Waals surface area contributed by atoms with Crippen LogP contribution in [0.15, 0.2) is 36.5 Å². The molecule has 5 heteroatoms. The molecule has 0 aliphatic rings. The van der Waals surface area contributed by atoms with Crippen molar-refractivity contribution in [3.05, 3.63) is 36.5 Å². The number of rotatable bonds is 65. The summed E-state index contributed by atoms with van der Waals surface area (Å²) in [4.78, 5) is 24.6. The summed E-state index contributed by atoms with van der Waals surface area (Å²) < 4.78 is 10.8. The van der Waals surface area contributed by atoms with E-state index in [0.717, 1.165) is 44.9 Å². The number of esters is 2. The maximum Gasteiger partial charge on any atom is 0.306 e. The van der Waals surface area contributed by atoms with E-state index in [2.05, 4.69) is 50.3 Å². The van der Waals surface area contributed by atoms with Crippen molar-refractivity contribution < 1.29 is 24.2 Å². The highest BCUT2D eigenvalue weighted by atomic mass is 16.6. The van der Waals surface area contributed by atoms with Crippen molar-refractivity contribution in [2.24, 2.45) is 0 Å². The average molecular weight is 1070 g/mol. The van der Waals surface area contributed by atoms with Crippen LogP contribution in [0, 0.1) is 0 Å². The molecule has 0 saturated heterocycles. The molecule has 0 radical (unpaired) electrons. The molecule has 0 aromatic rings. The van der Waals surface area contributed by atoms with Crippen molar-refractivity contribution in [1.82, 2.24) is 0 Å². The summed E-state index contributed by atoms with van der Waals surface area (Å²) >= 11 is 0. The van der Waals surface area contributed by atoms with E-state index in [1.165, 1.54) is 315 Å². The van der Waals surface area contributed by atoms with Crippen LogP contribution in [-0.2, 0) is 19.1 Å². The Bertz CT molecular complexity index is 1210. The minimum atomic E-state index is -0.768. The Morgan fingerprint density at radius 1 is 0.303 bits per heavy atom. The molecule has 0 spiro atoms. The number of unbranched alkanes of at least 4 members (excludes halogenated alkanes) is 51. The monoisotopic (exact) mass is 1070 g/mol. The number of aliphatic hydroxyl groups excluding tert-OH is 1. The Hall–Kier alpha value is -1.88. The predicted octanol–water partition coefficient (Wildman–Crippen LogP) is 23.8. The first-order valence-corrected chi connectivity index (χ1v) is 34.5. The number of carbonyl (C=O) groups is 2. The van der Waals surface area contributed by atoms with E-state index in [1.807, 2.05) is 0 Å². The van der Waals surface area contributed by atoms with Crippen LogP contribution in [0.25, 0.3) is 0 Å². The van der Waals surface area contributed by atoms with Gasteiger partial charge in [-0.05, 0) is 51.4 Å². The van der Waals surface area contributed by atoms with Crippen LogP contribution in [0.4, 0.5) is 0 Å². The van der Waals surface area contributed by atoms with E-state index in [4.69, 9.17) is 9.47 Å². The highest BCUT2D eigenvalue weighted by molar-refractivity contribution is 5.70. The van der Waals surface area contributed by atoms with E-state index in [9.17, 15) is 14.7 Å². The minimum absolute atomic E-state index is 0.0579. The van der Waals surface area contributed by atoms with Crippen LogP contribution in [0.3, 0.4) is 0 Å². The third kappa shape index (κ3) is 64.6. The van der Waals surface area contributed by atoms with Crippen LogP contribution in [0.2, 0.25) is 0 Å². The van der Waals surface area contributed by atoms with E-state index in [1.54, 1.807) is 0 Å². The van der Waals surface area contributed by atoms with Gasteiger partial charge >= 0.3 is 11.9 Å². The fourth-order valence-electron chi connectivity index (χ4n) is 10.7. The van der Waals surface area contributed by atoms with Gasteiger partial charge in [0, 0.05) is 12.8 Å². The maximum absolute atomic E-state index is 12.4. The van der Waals surface area contributed by atoms with Gasteiger partial charge in [0.25, 0.3) is 0 Å². The van der Waals surface area contributed by atoms with E-state index < -0.39 is 6.10 Å².